The third-order valence-electron chi connectivity index (χ3n) is 2.82. The number of rotatable bonds is 4. The molecule has 1 aromatic rings. The van der Waals surface area contributed by atoms with Gasteiger partial charge in [0.15, 0.2) is 11.5 Å². The third kappa shape index (κ3) is 2.90. The van der Waals surface area contributed by atoms with Crippen molar-refractivity contribution >= 4 is 5.91 Å². The molecule has 1 amide bonds. The molecule has 0 radical (unpaired) electrons. The number of amides is 1. The van der Waals surface area contributed by atoms with Gasteiger partial charge in [0, 0.05) is 6.04 Å². The van der Waals surface area contributed by atoms with E-state index in [1.54, 1.807) is 0 Å². The second-order valence-electron chi connectivity index (χ2n) is 4.24. The maximum Gasteiger partial charge on any atom is 0.231 e. The van der Waals surface area contributed by atoms with E-state index in [1.807, 2.05) is 32.0 Å². The van der Waals surface area contributed by atoms with Crippen LogP contribution in [0.15, 0.2) is 18.2 Å². The lowest BCUT2D eigenvalue weighted by Crippen LogP contribution is -2.33. The minimum atomic E-state index is 0.0400. The molecule has 17 heavy (non-hydrogen) atoms. The molecule has 0 aliphatic carbocycles. The van der Waals surface area contributed by atoms with Gasteiger partial charge >= 0.3 is 0 Å². The molecule has 1 aromatic carbocycles. The molecule has 1 aliphatic rings. The van der Waals surface area contributed by atoms with Gasteiger partial charge < -0.3 is 14.8 Å². The fourth-order valence-electron chi connectivity index (χ4n) is 1.66. The van der Waals surface area contributed by atoms with Crippen LogP contribution in [-0.2, 0) is 11.2 Å². The largest absolute Gasteiger partial charge is 0.454 e. The second kappa shape index (κ2) is 5.08. The van der Waals surface area contributed by atoms with Gasteiger partial charge in [-0.2, -0.15) is 0 Å². The fraction of sp³-hybridized carbons (Fsp3) is 0.462. The molecule has 92 valence electrons. The Balaban J connectivity index is 1.97. The highest BCUT2D eigenvalue weighted by Gasteiger charge is 2.14. The van der Waals surface area contributed by atoms with E-state index in [4.69, 9.17) is 9.47 Å². The molecule has 0 aromatic heterocycles. The van der Waals surface area contributed by atoms with Crippen molar-refractivity contribution in [3.05, 3.63) is 23.8 Å². The Hall–Kier alpha value is -1.71. The first kappa shape index (κ1) is 11.8. The zero-order valence-corrected chi connectivity index (χ0v) is 10.2. The number of benzene rings is 1. The van der Waals surface area contributed by atoms with Crippen molar-refractivity contribution in [2.45, 2.75) is 32.7 Å². The maximum atomic E-state index is 11.7. The number of ether oxygens (including phenoxy) is 2. The lowest BCUT2D eigenvalue weighted by molar-refractivity contribution is -0.121. The molecule has 0 saturated heterocycles. The highest BCUT2D eigenvalue weighted by atomic mass is 16.7. The maximum absolute atomic E-state index is 11.7. The van der Waals surface area contributed by atoms with Crippen LogP contribution in [0.2, 0.25) is 0 Å². The fourth-order valence-corrected chi connectivity index (χ4v) is 1.66. The molecule has 1 heterocycles. The zero-order valence-electron chi connectivity index (χ0n) is 10.2. The van der Waals surface area contributed by atoms with Gasteiger partial charge in [-0.15, -0.1) is 0 Å². The van der Waals surface area contributed by atoms with Crippen molar-refractivity contribution in [3.8, 4) is 11.5 Å². The standard InChI is InChI=1S/C13H17NO3/c1-3-9(2)14-13(15)7-10-4-5-11-12(6-10)17-8-16-11/h4-6,9H,3,7-8H2,1-2H3,(H,14,15). The molecule has 1 N–H and O–H groups in total. The van der Waals surface area contributed by atoms with Crippen LogP contribution in [0.1, 0.15) is 25.8 Å². The molecule has 1 unspecified atom stereocenters. The summed E-state index contributed by atoms with van der Waals surface area (Å²) in [6.45, 7) is 4.31. The van der Waals surface area contributed by atoms with Gasteiger partial charge in [0.1, 0.15) is 0 Å². The SMILES string of the molecule is CCC(C)NC(=O)Cc1ccc2c(c1)OCO2. The smallest absolute Gasteiger partial charge is 0.231 e. The van der Waals surface area contributed by atoms with E-state index in [0.717, 1.165) is 23.5 Å². The molecule has 0 spiro atoms. The summed E-state index contributed by atoms with van der Waals surface area (Å²) < 4.78 is 10.5. The van der Waals surface area contributed by atoms with Gasteiger partial charge in [-0.1, -0.05) is 13.0 Å². The first-order valence-electron chi connectivity index (χ1n) is 5.87. The summed E-state index contributed by atoms with van der Waals surface area (Å²) in [6.07, 6.45) is 1.31. The Bertz CT molecular complexity index is 417. The van der Waals surface area contributed by atoms with Gasteiger partial charge in [0.25, 0.3) is 0 Å². The molecule has 4 nitrogen and oxygen atoms in total. The Labute approximate surface area is 101 Å². The van der Waals surface area contributed by atoms with Crippen LogP contribution in [0.25, 0.3) is 0 Å². The molecule has 2 rings (SSSR count). The van der Waals surface area contributed by atoms with Crippen molar-refractivity contribution in [3.63, 3.8) is 0 Å². The number of hydrogen-bond donors (Lipinski definition) is 1. The van der Waals surface area contributed by atoms with Gasteiger partial charge in [-0.3, -0.25) is 4.79 Å². The molecule has 1 aliphatic heterocycles. The predicted octanol–water partition coefficient (Wildman–Crippen LogP) is 1.87. The van der Waals surface area contributed by atoms with Crippen LogP contribution in [0.3, 0.4) is 0 Å². The van der Waals surface area contributed by atoms with Crippen LogP contribution in [0.4, 0.5) is 0 Å². The first-order chi connectivity index (χ1) is 8.19. The van der Waals surface area contributed by atoms with Gasteiger partial charge in [0.2, 0.25) is 12.7 Å². The van der Waals surface area contributed by atoms with E-state index >= 15 is 0 Å². The van der Waals surface area contributed by atoms with E-state index in [-0.39, 0.29) is 18.7 Å². The Morgan fingerprint density at radius 2 is 2.18 bits per heavy atom. The number of nitrogens with one attached hydrogen (secondary N) is 1. The summed E-state index contributed by atoms with van der Waals surface area (Å²) in [4.78, 5) is 11.7. The average Bonchev–Trinajstić information content (AvgIpc) is 2.75. The van der Waals surface area contributed by atoms with Crippen molar-refractivity contribution in [1.29, 1.82) is 0 Å². The molecule has 4 heteroatoms. The van der Waals surface area contributed by atoms with Gasteiger partial charge in [0.05, 0.1) is 6.42 Å². The summed E-state index contributed by atoms with van der Waals surface area (Å²) in [5, 5.41) is 2.93. The normalized spacial score (nSPS) is 14.5. The van der Waals surface area contributed by atoms with E-state index in [0.29, 0.717) is 6.42 Å². The third-order valence-corrected chi connectivity index (χ3v) is 2.82. The van der Waals surface area contributed by atoms with Crippen molar-refractivity contribution in [2.75, 3.05) is 6.79 Å². The van der Waals surface area contributed by atoms with Crippen molar-refractivity contribution in [2.24, 2.45) is 0 Å². The molecule has 0 saturated carbocycles. The summed E-state index contributed by atoms with van der Waals surface area (Å²) >= 11 is 0. The summed E-state index contributed by atoms with van der Waals surface area (Å²) in [6, 6.07) is 5.81. The van der Waals surface area contributed by atoms with E-state index < -0.39 is 0 Å². The molecule has 1 atom stereocenters. The van der Waals surface area contributed by atoms with Crippen LogP contribution < -0.4 is 14.8 Å². The van der Waals surface area contributed by atoms with Crippen LogP contribution in [-0.4, -0.2) is 18.7 Å². The van der Waals surface area contributed by atoms with E-state index in [2.05, 4.69) is 5.32 Å². The Kier molecular flexibility index (Phi) is 3.52. The number of carbonyl (C=O) groups excluding carboxylic acids is 1. The molecule has 0 bridgehead atoms. The van der Waals surface area contributed by atoms with Crippen molar-refractivity contribution < 1.29 is 14.3 Å². The van der Waals surface area contributed by atoms with Gasteiger partial charge in [-0.25, -0.2) is 0 Å². The summed E-state index contributed by atoms with van der Waals surface area (Å²) in [5.41, 5.74) is 0.940. The number of fused-ring (bicyclic) bond motifs is 1. The number of carbonyl (C=O) groups is 1. The Morgan fingerprint density at radius 1 is 1.41 bits per heavy atom. The minimum Gasteiger partial charge on any atom is -0.454 e. The van der Waals surface area contributed by atoms with Crippen LogP contribution in [0, 0.1) is 0 Å². The van der Waals surface area contributed by atoms with E-state index in [1.165, 1.54) is 0 Å². The topological polar surface area (TPSA) is 47.6 Å². The lowest BCUT2D eigenvalue weighted by Gasteiger charge is -2.11. The monoisotopic (exact) mass is 235 g/mol. The molecular weight excluding hydrogens is 218 g/mol. The van der Waals surface area contributed by atoms with Crippen LogP contribution in [0.5, 0.6) is 11.5 Å². The number of hydrogen-bond acceptors (Lipinski definition) is 3. The second-order valence-corrected chi connectivity index (χ2v) is 4.24. The summed E-state index contributed by atoms with van der Waals surface area (Å²) in [7, 11) is 0. The highest BCUT2D eigenvalue weighted by Crippen LogP contribution is 2.32. The lowest BCUT2D eigenvalue weighted by atomic mass is 10.1. The highest BCUT2D eigenvalue weighted by molar-refractivity contribution is 5.79. The predicted molar refractivity (Wildman–Crippen MR) is 64.2 cm³/mol. The Morgan fingerprint density at radius 3 is 2.94 bits per heavy atom. The quantitative estimate of drug-likeness (QED) is 0.866. The van der Waals surface area contributed by atoms with Crippen LogP contribution >= 0.6 is 0 Å². The van der Waals surface area contributed by atoms with Crippen molar-refractivity contribution in [1.82, 2.24) is 5.32 Å². The van der Waals surface area contributed by atoms with E-state index in [9.17, 15) is 4.79 Å². The van der Waals surface area contributed by atoms with Gasteiger partial charge in [-0.05, 0) is 31.0 Å². The summed E-state index contributed by atoms with van der Waals surface area (Å²) in [5.74, 6) is 1.51. The zero-order chi connectivity index (χ0) is 12.3. The molecule has 0 fully saturated rings. The minimum absolute atomic E-state index is 0.0400. The average molecular weight is 235 g/mol. The molecular formula is C13H17NO3. The first-order valence-corrected chi connectivity index (χ1v) is 5.87.